The monoisotopic (exact) mass is 302 g/mol. The summed E-state index contributed by atoms with van der Waals surface area (Å²) in [7, 11) is 0. The van der Waals surface area contributed by atoms with Gasteiger partial charge in [-0.3, -0.25) is 0 Å². The van der Waals surface area contributed by atoms with Gasteiger partial charge in [0, 0.05) is 0 Å². The quantitative estimate of drug-likeness (QED) is 0.510. The van der Waals surface area contributed by atoms with Crippen LogP contribution in [0.15, 0.2) is 42.5 Å². The second-order valence-corrected chi connectivity index (χ2v) is 8.38. The van der Waals surface area contributed by atoms with Crippen molar-refractivity contribution < 1.29 is 0 Å². The summed E-state index contributed by atoms with van der Waals surface area (Å²) in [5, 5.41) is 0. The van der Waals surface area contributed by atoms with Gasteiger partial charge in [0.1, 0.15) is 0 Å². The summed E-state index contributed by atoms with van der Waals surface area (Å²) < 4.78 is 1.71. The van der Waals surface area contributed by atoms with Crippen LogP contribution >= 0.6 is 0 Å². The number of fused-ring (bicyclic) bond motifs is 2. The average molecular weight is 301 g/mol. The molecule has 1 aliphatic heterocycles. The van der Waals surface area contributed by atoms with Crippen molar-refractivity contribution in [1.82, 2.24) is 0 Å². The third kappa shape index (κ3) is 1.38. The van der Waals surface area contributed by atoms with E-state index >= 15 is 0 Å². The van der Waals surface area contributed by atoms with Gasteiger partial charge in [-0.15, -0.1) is 0 Å². The summed E-state index contributed by atoms with van der Waals surface area (Å²) >= 11 is 0.643. The van der Waals surface area contributed by atoms with Gasteiger partial charge in [-0.1, -0.05) is 0 Å². The number of hydrogen-bond acceptors (Lipinski definition) is 0. The standard InChI is InChI=1S/C17H18Se/c1-10-6-7-12-8-9-14-15(10)13-5-3-4-11(2)16(13)18-17(12)14/h3-10,12,14-15,17H,1-2H3. The van der Waals surface area contributed by atoms with Crippen molar-refractivity contribution in [3.63, 3.8) is 0 Å². The molecule has 92 valence electrons. The Morgan fingerprint density at radius 3 is 2.78 bits per heavy atom. The molecule has 1 heteroatoms. The molecule has 5 unspecified atom stereocenters. The van der Waals surface area contributed by atoms with Gasteiger partial charge in [0.2, 0.25) is 0 Å². The molecule has 0 saturated carbocycles. The minimum absolute atomic E-state index is 0.643. The Morgan fingerprint density at radius 2 is 1.89 bits per heavy atom. The molecule has 1 heterocycles. The normalized spacial score (nSPS) is 39.6. The van der Waals surface area contributed by atoms with Crippen LogP contribution in [0.2, 0.25) is 4.82 Å². The first-order valence-corrected chi connectivity index (χ1v) is 8.73. The van der Waals surface area contributed by atoms with Crippen LogP contribution in [0.5, 0.6) is 0 Å². The van der Waals surface area contributed by atoms with Crippen molar-refractivity contribution in [3.8, 4) is 0 Å². The van der Waals surface area contributed by atoms with Gasteiger partial charge >= 0.3 is 115 Å². The van der Waals surface area contributed by atoms with Crippen LogP contribution in [0, 0.1) is 24.7 Å². The van der Waals surface area contributed by atoms with Crippen molar-refractivity contribution in [2.75, 3.05) is 0 Å². The Kier molecular flexibility index (Phi) is 2.37. The zero-order valence-electron chi connectivity index (χ0n) is 10.8. The van der Waals surface area contributed by atoms with E-state index in [4.69, 9.17) is 0 Å². The first-order chi connectivity index (χ1) is 8.75. The molecule has 18 heavy (non-hydrogen) atoms. The molecule has 0 fully saturated rings. The summed E-state index contributed by atoms with van der Waals surface area (Å²) in [5.41, 5.74) is 3.18. The summed E-state index contributed by atoms with van der Waals surface area (Å²) in [4.78, 5) is 0.886. The van der Waals surface area contributed by atoms with E-state index in [9.17, 15) is 0 Å². The Morgan fingerprint density at radius 1 is 1.06 bits per heavy atom. The molecule has 0 saturated heterocycles. The number of benzene rings is 1. The fraction of sp³-hybridized carbons (Fsp3) is 0.412. The molecule has 1 aromatic carbocycles. The molecule has 0 amide bonds. The Hall–Kier alpha value is -0.781. The van der Waals surface area contributed by atoms with E-state index in [2.05, 4.69) is 56.4 Å². The second-order valence-electron chi connectivity index (χ2n) is 5.89. The average Bonchev–Trinajstić information content (AvgIpc) is 2.72. The maximum atomic E-state index is 2.52. The molecule has 0 nitrogen and oxygen atoms in total. The molecule has 4 rings (SSSR count). The van der Waals surface area contributed by atoms with E-state index in [-0.39, 0.29) is 0 Å². The van der Waals surface area contributed by atoms with Gasteiger partial charge in [0.25, 0.3) is 0 Å². The van der Waals surface area contributed by atoms with Crippen molar-refractivity contribution in [2.45, 2.75) is 24.6 Å². The predicted molar refractivity (Wildman–Crippen MR) is 77.5 cm³/mol. The third-order valence-electron chi connectivity index (χ3n) is 4.79. The number of allylic oxidation sites excluding steroid dienone is 4. The zero-order chi connectivity index (χ0) is 12.3. The number of rotatable bonds is 0. The molecule has 4 bridgehead atoms. The van der Waals surface area contributed by atoms with Crippen LogP contribution in [-0.4, -0.2) is 15.0 Å². The van der Waals surface area contributed by atoms with Gasteiger partial charge in [-0.25, -0.2) is 0 Å². The van der Waals surface area contributed by atoms with Gasteiger partial charge in [-0.2, -0.15) is 0 Å². The van der Waals surface area contributed by atoms with Crippen molar-refractivity contribution >= 4 is 19.4 Å². The summed E-state index contributed by atoms with van der Waals surface area (Å²) in [5.74, 6) is 2.93. The Bertz CT molecular complexity index is 555. The number of hydrogen-bond donors (Lipinski definition) is 0. The zero-order valence-corrected chi connectivity index (χ0v) is 12.5. The van der Waals surface area contributed by atoms with Gasteiger partial charge in [-0.05, 0) is 0 Å². The fourth-order valence-corrected chi connectivity index (χ4v) is 7.29. The van der Waals surface area contributed by atoms with E-state index in [0.717, 1.165) is 22.6 Å². The SMILES string of the molecule is Cc1cccc2c1[Se]C1C3C=CC(C)C2C1C=C3. The van der Waals surface area contributed by atoms with Gasteiger partial charge in [0.05, 0.1) is 0 Å². The topological polar surface area (TPSA) is 0 Å². The molecular formula is C17H18Se. The molecule has 5 atom stereocenters. The molecule has 0 N–H and O–H groups in total. The molecule has 1 aromatic rings. The molecule has 2 aliphatic carbocycles. The number of aryl methyl sites for hydroxylation is 1. The van der Waals surface area contributed by atoms with Gasteiger partial charge in [0.15, 0.2) is 0 Å². The van der Waals surface area contributed by atoms with E-state index in [1.807, 2.05) is 0 Å². The van der Waals surface area contributed by atoms with E-state index in [0.29, 0.717) is 20.9 Å². The summed E-state index contributed by atoms with van der Waals surface area (Å²) in [6.07, 6.45) is 9.94. The van der Waals surface area contributed by atoms with Crippen LogP contribution in [0.1, 0.15) is 24.0 Å². The molecule has 3 aliphatic rings. The van der Waals surface area contributed by atoms with E-state index in [1.165, 1.54) is 5.56 Å². The molecular weight excluding hydrogens is 283 g/mol. The Balaban J connectivity index is 1.94. The maximum absolute atomic E-state index is 2.52. The summed E-state index contributed by atoms with van der Waals surface area (Å²) in [6.45, 7) is 4.70. The molecule has 0 spiro atoms. The molecule has 0 radical (unpaired) electrons. The first kappa shape index (κ1) is 11.1. The van der Waals surface area contributed by atoms with Crippen molar-refractivity contribution in [1.29, 1.82) is 0 Å². The van der Waals surface area contributed by atoms with Crippen LogP contribution in [-0.2, 0) is 0 Å². The van der Waals surface area contributed by atoms with Crippen LogP contribution in [0.25, 0.3) is 0 Å². The van der Waals surface area contributed by atoms with E-state index < -0.39 is 0 Å². The molecule has 0 aromatic heterocycles. The van der Waals surface area contributed by atoms with Crippen LogP contribution in [0.3, 0.4) is 0 Å². The second kappa shape index (κ2) is 3.85. The van der Waals surface area contributed by atoms with Crippen molar-refractivity contribution in [3.05, 3.63) is 53.6 Å². The summed E-state index contributed by atoms with van der Waals surface area (Å²) in [6, 6.07) is 6.94. The van der Waals surface area contributed by atoms with Gasteiger partial charge < -0.3 is 0 Å². The minimum atomic E-state index is 0.643. The van der Waals surface area contributed by atoms with Crippen LogP contribution < -0.4 is 4.46 Å². The van der Waals surface area contributed by atoms with Crippen molar-refractivity contribution in [2.24, 2.45) is 17.8 Å². The van der Waals surface area contributed by atoms with Crippen LogP contribution in [0.4, 0.5) is 0 Å². The first-order valence-electron chi connectivity index (χ1n) is 6.88. The van der Waals surface area contributed by atoms with E-state index in [1.54, 1.807) is 10.0 Å². The predicted octanol–water partition coefficient (Wildman–Crippen LogP) is 3.22. The Labute approximate surface area is 115 Å². The fourth-order valence-electron chi connectivity index (χ4n) is 3.89. The third-order valence-corrected chi connectivity index (χ3v) is 8.34.